The molecule has 0 spiro atoms. The summed E-state index contributed by atoms with van der Waals surface area (Å²) < 4.78 is 6.30. The summed E-state index contributed by atoms with van der Waals surface area (Å²) in [6.07, 6.45) is 1.20. The van der Waals surface area contributed by atoms with Gasteiger partial charge in [0, 0.05) is 17.2 Å². The highest BCUT2D eigenvalue weighted by Gasteiger charge is 2.17. The first-order chi connectivity index (χ1) is 8.15. The average Bonchev–Trinajstić information content (AvgIpc) is 2.86. The number of aryl methyl sites for hydroxylation is 1. The molecule has 0 aromatic carbocycles. The lowest BCUT2D eigenvalue weighted by molar-refractivity contribution is -0.136. The second-order valence-corrected chi connectivity index (χ2v) is 6.45. The topological polar surface area (TPSA) is 59.4 Å². The first-order valence-corrected chi connectivity index (χ1v) is 7.34. The Morgan fingerprint density at radius 1 is 1.71 bits per heavy atom. The maximum Gasteiger partial charge on any atom is 0.308 e. The minimum absolute atomic E-state index is 0.0800. The molecule has 2 heterocycles. The molecule has 1 aromatic heterocycles. The van der Waals surface area contributed by atoms with Crippen LogP contribution in [0.25, 0.3) is 0 Å². The Hall–Kier alpha value is -0.590. The van der Waals surface area contributed by atoms with E-state index in [4.69, 9.17) is 9.84 Å². The van der Waals surface area contributed by atoms with Crippen molar-refractivity contribution in [3.05, 3.63) is 10.6 Å². The molecule has 0 aliphatic carbocycles. The normalized spacial score (nSPS) is 19.7. The van der Waals surface area contributed by atoms with Crippen LogP contribution in [0.3, 0.4) is 0 Å². The Kier molecular flexibility index (Phi) is 4.42. The zero-order valence-electron chi connectivity index (χ0n) is 9.64. The summed E-state index contributed by atoms with van der Waals surface area (Å²) in [6, 6.07) is 0. The fourth-order valence-corrected chi connectivity index (χ4v) is 4.03. The standard InChI is InChI=1S/C11H15NO3S2/c1-7-9(4-10(13)14)17-11(12-7)16-6-8-2-3-15-5-8/h8H,2-6H2,1H3,(H,13,14). The van der Waals surface area contributed by atoms with Crippen molar-refractivity contribution in [3.63, 3.8) is 0 Å². The van der Waals surface area contributed by atoms with E-state index in [2.05, 4.69) is 4.98 Å². The first kappa shape index (κ1) is 12.9. The van der Waals surface area contributed by atoms with Crippen LogP contribution < -0.4 is 0 Å². The third-order valence-corrected chi connectivity index (χ3v) is 5.18. The Morgan fingerprint density at radius 2 is 2.53 bits per heavy atom. The minimum atomic E-state index is -0.794. The van der Waals surface area contributed by atoms with Crippen molar-refractivity contribution in [2.45, 2.75) is 24.1 Å². The van der Waals surface area contributed by atoms with Gasteiger partial charge in [0.2, 0.25) is 0 Å². The summed E-state index contributed by atoms with van der Waals surface area (Å²) in [6.45, 7) is 3.59. The van der Waals surface area contributed by atoms with Gasteiger partial charge in [-0.1, -0.05) is 11.8 Å². The molecule has 0 amide bonds. The number of rotatable bonds is 5. The summed E-state index contributed by atoms with van der Waals surface area (Å²) in [5, 5.41) is 8.76. The maximum absolute atomic E-state index is 10.7. The predicted octanol–water partition coefficient (Wildman–Crippen LogP) is 2.21. The van der Waals surface area contributed by atoms with Gasteiger partial charge in [-0.05, 0) is 19.3 Å². The number of thioether (sulfide) groups is 1. The van der Waals surface area contributed by atoms with Crippen LogP contribution in [0.15, 0.2) is 4.34 Å². The number of carbonyl (C=O) groups is 1. The van der Waals surface area contributed by atoms with Crippen molar-refractivity contribution in [1.82, 2.24) is 4.98 Å². The van der Waals surface area contributed by atoms with Crippen molar-refractivity contribution in [3.8, 4) is 0 Å². The van der Waals surface area contributed by atoms with Gasteiger partial charge in [0.05, 0.1) is 18.7 Å². The van der Waals surface area contributed by atoms with Gasteiger partial charge in [-0.15, -0.1) is 11.3 Å². The molecule has 17 heavy (non-hydrogen) atoms. The molecule has 1 aliphatic rings. The van der Waals surface area contributed by atoms with Gasteiger partial charge in [-0.25, -0.2) is 4.98 Å². The summed E-state index contributed by atoms with van der Waals surface area (Å²) in [5.41, 5.74) is 0.850. The van der Waals surface area contributed by atoms with Crippen LogP contribution in [0.4, 0.5) is 0 Å². The smallest absolute Gasteiger partial charge is 0.308 e. The molecule has 1 aliphatic heterocycles. The average molecular weight is 273 g/mol. The Bertz CT molecular complexity index is 399. The van der Waals surface area contributed by atoms with Crippen LogP contribution in [0.2, 0.25) is 0 Å². The van der Waals surface area contributed by atoms with Gasteiger partial charge in [-0.2, -0.15) is 0 Å². The van der Waals surface area contributed by atoms with Crippen molar-refractivity contribution in [1.29, 1.82) is 0 Å². The molecule has 1 saturated heterocycles. The van der Waals surface area contributed by atoms with Crippen LogP contribution in [0.1, 0.15) is 17.0 Å². The van der Waals surface area contributed by atoms with Crippen LogP contribution >= 0.6 is 23.1 Å². The van der Waals surface area contributed by atoms with Crippen LogP contribution in [-0.2, 0) is 16.0 Å². The Morgan fingerprint density at radius 3 is 3.18 bits per heavy atom. The van der Waals surface area contributed by atoms with Crippen molar-refractivity contribution in [2.75, 3.05) is 19.0 Å². The van der Waals surface area contributed by atoms with E-state index >= 15 is 0 Å². The number of ether oxygens (including phenoxy) is 1. The van der Waals surface area contributed by atoms with E-state index in [1.807, 2.05) is 6.92 Å². The zero-order chi connectivity index (χ0) is 12.3. The van der Waals surface area contributed by atoms with E-state index < -0.39 is 5.97 Å². The Labute approximate surface area is 108 Å². The van der Waals surface area contributed by atoms with Gasteiger partial charge < -0.3 is 9.84 Å². The highest BCUT2D eigenvalue weighted by molar-refractivity contribution is 8.01. The highest BCUT2D eigenvalue weighted by Crippen LogP contribution is 2.30. The Balaban J connectivity index is 1.90. The summed E-state index contributed by atoms with van der Waals surface area (Å²) >= 11 is 3.22. The number of hydrogen-bond acceptors (Lipinski definition) is 5. The molecule has 1 aromatic rings. The quantitative estimate of drug-likeness (QED) is 0.833. The van der Waals surface area contributed by atoms with E-state index in [0.717, 1.165) is 40.3 Å². The highest BCUT2D eigenvalue weighted by atomic mass is 32.2. The van der Waals surface area contributed by atoms with Crippen LogP contribution in [0, 0.1) is 12.8 Å². The molecule has 2 rings (SSSR count). The maximum atomic E-state index is 10.7. The van der Waals surface area contributed by atoms with Crippen molar-refractivity contribution >= 4 is 29.1 Å². The molecular formula is C11H15NO3S2. The first-order valence-electron chi connectivity index (χ1n) is 5.54. The van der Waals surface area contributed by atoms with Crippen LogP contribution in [-0.4, -0.2) is 35.0 Å². The summed E-state index contributed by atoms with van der Waals surface area (Å²) in [4.78, 5) is 15.9. The monoisotopic (exact) mass is 273 g/mol. The largest absolute Gasteiger partial charge is 0.481 e. The van der Waals surface area contributed by atoms with E-state index in [1.54, 1.807) is 11.8 Å². The van der Waals surface area contributed by atoms with E-state index in [9.17, 15) is 4.79 Å². The van der Waals surface area contributed by atoms with E-state index in [1.165, 1.54) is 11.3 Å². The third kappa shape index (κ3) is 3.69. The number of thiazole rings is 1. The predicted molar refractivity (Wildman–Crippen MR) is 67.8 cm³/mol. The summed E-state index contributed by atoms with van der Waals surface area (Å²) in [7, 11) is 0. The minimum Gasteiger partial charge on any atom is -0.481 e. The lowest BCUT2D eigenvalue weighted by atomic mass is 10.2. The molecule has 0 radical (unpaired) electrons. The molecule has 1 atom stereocenters. The van der Waals surface area contributed by atoms with E-state index in [-0.39, 0.29) is 6.42 Å². The van der Waals surface area contributed by atoms with Crippen molar-refractivity contribution < 1.29 is 14.6 Å². The third-order valence-electron chi connectivity index (χ3n) is 2.65. The second kappa shape index (κ2) is 5.84. The molecular weight excluding hydrogens is 258 g/mol. The van der Waals surface area contributed by atoms with Gasteiger partial charge in [-0.3, -0.25) is 4.79 Å². The van der Waals surface area contributed by atoms with E-state index in [0.29, 0.717) is 5.92 Å². The molecule has 0 bridgehead atoms. The van der Waals surface area contributed by atoms with Crippen LogP contribution in [0.5, 0.6) is 0 Å². The number of aliphatic carboxylic acids is 1. The molecule has 1 fully saturated rings. The molecule has 0 saturated carbocycles. The van der Waals surface area contributed by atoms with Gasteiger partial charge >= 0.3 is 5.97 Å². The number of nitrogens with zero attached hydrogens (tertiary/aromatic N) is 1. The molecule has 4 nitrogen and oxygen atoms in total. The van der Waals surface area contributed by atoms with Gasteiger partial charge in [0.25, 0.3) is 0 Å². The number of aromatic nitrogens is 1. The van der Waals surface area contributed by atoms with Crippen molar-refractivity contribution in [2.24, 2.45) is 5.92 Å². The summed E-state index contributed by atoms with van der Waals surface area (Å²) in [5.74, 6) is 0.837. The lowest BCUT2D eigenvalue weighted by Gasteiger charge is -2.03. The zero-order valence-corrected chi connectivity index (χ0v) is 11.3. The van der Waals surface area contributed by atoms with Gasteiger partial charge in [0.15, 0.2) is 0 Å². The molecule has 6 heteroatoms. The number of hydrogen-bond donors (Lipinski definition) is 1. The number of carboxylic acids is 1. The fourth-order valence-electron chi connectivity index (χ4n) is 1.67. The molecule has 94 valence electrons. The van der Waals surface area contributed by atoms with Gasteiger partial charge in [0.1, 0.15) is 4.34 Å². The number of carboxylic acid groups (broad SMARTS) is 1. The second-order valence-electron chi connectivity index (χ2n) is 4.10. The molecule has 1 N–H and O–H groups in total. The lowest BCUT2D eigenvalue weighted by Crippen LogP contribution is -2.01. The molecule has 1 unspecified atom stereocenters. The fraction of sp³-hybridized carbons (Fsp3) is 0.636. The SMILES string of the molecule is Cc1nc(SCC2CCOC2)sc1CC(=O)O.